The van der Waals surface area contributed by atoms with Crippen molar-refractivity contribution in [3.63, 3.8) is 0 Å². The van der Waals surface area contributed by atoms with Gasteiger partial charge in [-0.05, 0) is 120 Å². The molecular weight excluding hydrogens is 923 g/mol. The molecule has 1 amide bonds. The fourth-order valence-corrected chi connectivity index (χ4v) is 10.9. The second kappa shape index (κ2) is 27.6. The van der Waals surface area contributed by atoms with E-state index in [4.69, 9.17) is 23.7 Å². The summed E-state index contributed by atoms with van der Waals surface area (Å²) < 4.78 is 30.0. The van der Waals surface area contributed by atoms with Gasteiger partial charge in [-0.15, -0.1) is 0 Å². The van der Waals surface area contributed by atoms with Gasteiger partial charge in [0.05, 0.1) is 37.6 Å². The van der Waals surface area contributed by atoms with Crippen LogP contribution in [0.1, 0.15) is 139 Å². The summed E-state index contributed by atoms with van der Waals surface area (Å²) in [4.78, 5) is 71.7. The number of amides is 1. The van der Waals surface area contributed by atoms with Gasteiger partial charge in [-0.2, -0.15) is 0 Å². The van der Waals surface area contributed by atoms with E-state index in [0.29, 0.717) is 63.4 Å². The number of rotatable bonds is 9. The van der Waals surface area contributed by atoms with Crippen LogP contribution in [0.25, 0.3) is 0 Å². The first-order chi connectivity index (χ1) is 33.9. The molecule has 3 heterocycles. The number of piperidine rings is 1. The third-order valence-electron chi connectivity index (χ3n) is 16.3. The number of esters is 2. The highest BCUT2D eigenvalue weighted by atomic mass is 16.6. The molecule has 1 saturated carbocycles. The van der Waals surface area contributed by atoms with Crippen LogP contribution in [-0.2, 0) is 47.7 Å². The molecule has 0 aromatic carbocycles. The van der Waals surface area contributed by atoms with Crippen molar-refractivity contribution in [1.29, 1.82) is 0 Å². The van der Waals surface area contributed by atoms with Crippen molar-refractivity contribution in [2.45, 2.75) is 188 Å². The van der Waals surface area contributed by atoms with E-state index in [1.54, 1.807) is 34.0 Å². The lowest BCUT2D eigenvalue weighted by Gasteiger charge is -2.42. The molecule has 15 atom stereocenters. The minimum atomic E-state index is -2.44. The third kappa shape index (κ3) is 15.6. The average Bonchev–Trinajstić information content (AvgIpc) is 3.36. The SMILES string of the molecule is C=C1[C@H](C)C[C@H](C)/C=C/C=C/C=C(\C)[C@@H](OC)C[C@@H]2CC[C@@H](C)[C@@](O)(O2)C(=O)C(=O)N2CCCC[C@H]2C(=O)O[C@H]([C@H](C)C[C@@H]2CC[C@@H](OC(=O)C(C)(CO)CO)[C@H](OC)C2)CC(=O)[C@H](C)/C=C(\C)[C@@H](O)[C@H]1C. The van der Waals surface area contributed by atoms with E-state index in [2.05, 4.69) is 26.5 Å². The third-order valence-corrected chi connectivity index (χ3v) is 16.3. The average molecular weight is 1010 g/mol. The summed E-state index contributed by atoms with van der Waals surface area (Å²) in [7, 11) is 3.12. The Labute approximate surface area is 429 Å². The minimum absolute atomic E-state index is 0.000506. The first kappa shape index (κ1) is 60.7. The second-order valence-corrected chi connectivity index (χ2v) is 22.1. The van der Waals surface area contributed by atoms with Crippen LogP contribution in [0.2, 0.25) is 0 Å². The number of aliphatic hydroxyl groups excluding tert-OH is 3. The summed E-state index contributed by atoms with van der Waals surface area (Å²) >= 11 is 0. The van der Waals surface area contributed by atoms with Crippen molar-refractivity contribution in [2.24, 2.45) is 46.8 Å². The van der Waals surface area contributed by atoms with E-state index in [1.165, 1.54) is 18.9 Å². The van der Waals surface area contributed by atoms with E-state index < -0.39 is 108 Å². The Morgan fingerprint density at radius 3 is 2.25 bits per heavy atom. The highest BCUT2D eigenvalue weighted by molar-refractivity contribution is 6.39. The zero-order valence-corrected chi connectivity index (χ0v) is 45.2. The predicted molar refractivity (Wildman–Crippen MR) is 274 cm³/mol. The molecule has 15 nitrogen and oxygen atoms in total. The fraction of sp³-hybridized carbons (Fsp3) is 0.737. The molecule has 0 aromatic rings. The molecule has 4 rings (SSSR count). The van der Waals surface area contributed by atoms with Crippen LogP contribution in [0.5, 0.6) is 0 Å². The molecule has 4 aliphatic rings. The number of hydrogen-bond donors (Lipinski definition) is 4. The Hall–Kier alpha value is -3.83. The normalized spacial score (nSPS) is 37.8. The number of carbonyl (C=O) groups excluding carboxylic acids is 5. The van der Waals surface area contributed by atoms with Crippen molar-refractivity contribution in [3.05, 3.63) is 59.8 Å². The number of aliphatic hydroxyl groups is 4. The van der Waals surface area contributed by atoms with Crippen LogP contribution < -0.4 is 0 Å². The van der Waals surface area contributed by atoms with E-state index in [9.17, 15) is 44.4 Å². The van der Waals surface area contributed by atoms with Crippen molar-refractivity contribution < 1.29 is 68.1 Å². The van der Waals surface area contributed by atoms with Crippen LogP contribution in [0.15, 0.2) is 59.8 Å². The quantitative estimate of drug-likeness (QED) is 0.101. The van der Waals surface area contributed by atoms with Gasteiger partial charge in [-0.3, -0.25) is 19.2 Å². The lowest BCUT2D eigenvalue weighted by atomic mass is 9.78. The molecule has 0 radical (unpaired) electrons. The zero-order chi connectivity index (χ0) is 53.7. The van der Waals surface area contributed by atoms with Crippen molar-refractivity contribution in [1.82, 2.24) is 4.90 Å². The molecule has 0 unspecified atom stereocenters. The number of allylic oxidation sites excluding steroid dienone is 6. The van der Waals surface area contributed by atoms with Crippen LogP contribution in [0, 0.1) is 46.8 Å². The van der Waals surface area contributed by atoms with Crippen LogP contribution in [0.4, 0.5) is 0 Å². The van der Waals surface area contributed by atoms with Crippen molar-refractivity contribution >= 4 is 29.4 Å². The molecule has 0 aromatic heterocycles. The molecule has 2 bridgehead atoms. The van der Waals surface area contributed by atoms with E-state index in [1.807, 2.05) is 45.1 Å². The summed E-state index contributed by atoms with van der Waals surface area (Å²) in [6.07, 6.45) is 12.9. The lowest BCUT2D eigenvalue weighted by molar-refractivity contribution is -0.265. The van der Waals surface area contributed by atoms with Crippen LogP contribution in [0.3, 0.4) is 0 Å². The summed E-state index contributed by atoms with van der Waals surface area (Å²) in [6, 6.07) is -1.16. The smallest absolute Gasteiger partial charge is 0.329 e. The fourth-order valence-electron chi connectivity index (χ4n) is 10.9. The second-order valence-electron chi connectivity index (χ2n) is 22.1. The van der Waals surface area contributed by atoms with E-state index in [0.717, 1.165) is 17.6 Å². The molecule has 15 heteroatoms. The first-order valence-corrected chi connectivity index (χ1v) is 26.5. The molecule has 4 N–H and O–H groups in total. The Bertz CT molecular complexity index is 1990. The van der Waals surface area contributed by atoms with Crippen LogP contribution >= 0.6 is 0 Å². The number of ether oxygens (including phenoxy) is 5. The minimum Gasteiger partial charge on any atom is -0.460 e. The monoisotopic (exact) mass is 1010 g/mol. The van der Waals surface area contributed by atoms with Gasteiger partial charge in [-0.1, -0.05) is 90.2 Å². The molecule has 406 valence electrons. The maximum absolute atomic E-state index is 14.5. The number of ketones is 2. The lowest BCUT2D eigenvalue weighted by Crippen LogP contribution is -2.61. The van der Waals surface area contributed by atoms with Gasteiger partial charge in [0.2, 0.25) is 5.79 Å². The van der Waals surface area contributed by atoms with Crippen molar-refractivity contribution in [3.8, 4) is 0 Å². The maximum atomic E-state index is 14.5. The van der Waals surface area contributed by atoms with Gasteiger partial charge >= 0.3 is 11.9 Å². The number of hydrogen-bond acceptors (Lipinski definition) is 14. The molecular formula is C57H89NO14. The maximum Gasteiger partial charge on any atom is 0.329 e. The molecule has 2 saturated heterocycles. The summed E-state index contributed by atoms with van der Waals surface area (Å²) in [5.74, 6) is -8.12. The van der Waals surface area contributed by atoms with E-state index in [-0.39, 0.29) is 48.8 Å². The molecule has 0 spiro atoms. The predicted octanol–water partition coefficient (Wildman–Crippen LogP) is 7.33. The largest absolute Gasteiger partial charge is 0.460 e. The Kier molecular flexibility index (Phi) is 23.3. The van der Waals surface area contributed by atoms with Gasteiger partial charge < -0.3 is 49.0 Å². The zero-order valence-electron chi connectivity index (χ0n) is 45.2. The van der Waals surface area contributed by atoms with Gasteiger partial charge in [-0.25, -0.2) is 4.79 Å². The number of fused-ring (bicyclic) bond motifs is 3. The number of Topliss-reactive ketones (excluding diaryl/α,β-unsaturated/α-hetero) is 2. The summed E-state index contributed by atoms with van der Waals surface area (Å²) in [6.45, 7) is 20.0. The van der Waals surface area contributed by atoms with Gasteiger partial charge in [0.25, 0.3) is 11.7 Å². The molecule has 3 aliphatic heterocycles. The van der Waals surface area contributed by atoms with Gasteiger partial charge in [0.15, 0.2) is 0 Å². The summed E-state index contributed by atoms with van der Waals surface area (Å²) in [5.41, 5.74) is 0.958. The number of cyclic esters (lactones) is 1. The Morgan fingerprint density at radius 2 is 1.60 bits per heavy atom. The number of carbonyl (C=O) groups is 5. The molecule has 1 aliphatic carbocycles. The number of methoxy groups -OCH3 is 2. The van der Waals surface area contributed by atoms with Gasteiger partial charge in [0, 0.05) is 51.4 Å². The Morgan fingerprint density at radius 1 is 0.903 bits per heavy atom. The Balaban J connectivity index is 1.68. The topological polar surface area (TPSA) is 216 Å². The molecule has 3 fully saturated rings. The molecule has 72 heavy (non-hydrogen) atoms. The standard InChI is InChI=1S/C57H89NO14/c1-34-18-14-13-15-19-35(2)48(68-11)30-44-23-21-40(7)57(67,72-44)52(63)53(64)58-25-17-16-20-45(58)54(65)70-49(31-46(61)37(4)27-39(6)51(62)42(9)41(8)36(3)26-34)38(5)28-43-22-24-47(50(29-43)69-12)71-55(66)56(10,32-59)33-60/h13-15,18-19,27,34,36-38,40,42-45,47-51,59-60,62,67H,8,16-17,20-26,28-33H2,1-7,9-12H3/b15-13+,18-14+,35-19+,39-27+/t34-,36-,37-,38-,40-,42+,43+,44+,45+,47-,48+,49+,50-,51-,57-/m1/s1. The van der Waals surface area contributed by atoms with Gasteiger partial charge in [0.1, 0.15) is 29.4 Å². The highest BCUT2D eigenvalue weighted by Gasteiger charge is 2.53. The highest BCUT2D eigenvalue weighted by Crippen LogP contribution is 2.39. The van der Waals surface area contributed by atoms with E-state index >= 15 is 0 Å². The number of nitrogens with zero attached hydrogens (tertiary/aromatic N) is 1. The van der Waals surface area contributed by atoms with Crippen molar-refractivity contribution in [2.75, 3.05) is 34.0 Å². The first-order valence-electron chi connectivity index (χ1n) is 26.5. The summed E-state index contributed by atoms with van der Waals surface area (Å²) in [5, 5.41) is 43.2. The van der Waals surface area contributed by atoms with Crippen LogP contribution in [-0.4, -0.2) is 137 Å².